The first-order chi connectivity index (χ1) is 9.04. The molecule has 0 bridgehead atoms. The van der Waals surface area contributed by atoms with Crippen LogP contribution in [0, 0.1) is 11.8 Å². The normalized spacial score (nSPS) is 27.4. The lowest BCUT2D eigenvalue weighted by Gasteiger charge is -2.31. The minimum absolute atomic E-state index is 0.0279. The van der Waals surface area contributed by atoms with Crippen molar-refractivity contribution < 1.29 is 14.6 Å². The molecular weight excluding hydrogens is 246 g/mol. The van der Waals surface area contributed by atoms with Gasteiger partial charge in [0.1, 0.15) is 0 Å². The standard InChI is InChI=1S/C13H21N3O3/c1-9-5-10(2)7-11(6-9)19-4-3-16-8-12(13(17)18)14-15-16/h8-11H,3-7H2,1-2H3,(H,17,18). The zero-order valence-electron chi connectivity index (χ0n) is 11.5. The van der Waals surface area contributed by atoms with E-state index in [1.165, 1.54) is 17.3 Å². The summed E-state index contributed by atoms with van der Waals surface area (Å²) in [5.41, 5.74) is -0.0279. The van der Waals surface area contributed by atoms with Crippen LogP contribution in [-0.2, 0) is 11.3 Å². The molecule has 1 fully saturated rings. The number of carboxylic acid groups (broad SMARTS) is 1. The van der Waals surface area contributed by atoms with Crippen LogP contribution in [-0.4, -0.2) is 38.8 Å². The molecular formula is C13H21N3O3. The van der Waals surface area contributed by atoms with E-state index in [1.807, 2.05) is 0 Å². The van der Waals surface area contributed by atoms with Gasteiger partial charge in [-0.15, -0.1) is 5.10 Å². The molecule has 0 aromatic carbocycles. The Bertz CT molecular complexity index is 423. The summed E-state index contributed by atoms with van der Waals surface area (Å²) in [6.07, 6.45) is 5.26. The predicted octanol–water partition coefficient (Wildman–Crippen LogP) is 1.82. The van der Waals surface area contributed by atoms with Crippen molar-refractivity contribution in [3.63, 3.8) is 0 Å². The molecule has 106 valence electrons. The quantitative estimate of drug-likeness (QED) is 0.880. The van der Waals surface area contributed by atoms with Crippen molar-refractivity contribution in [1.82, 2.24) is 15.0 Å². The van der Waals surface area contributed by atoms with Crippen molar-refractivity contribution in [3.8, 4) is 0 Å². The van der Waals surface area contributed by atoms with Gasteiger partial charge >= 0.3 is 5.97 Å². The molecule has 0 amide bonds. The van der Waals surface area contributed by atoms with Gasteiger partial charge in [0.25, 0.3) is 0 Å². The zero-order chi connectivity index (χ0) is 13.8. The second-order valence-corrected chi connectivity index (χ2v) is 5.58. The summed E-state index contributed by atoms with van der Waals surface area (Å²) in [5.74, 6) is 0.388. The number of aromatic nitrogens is 3. The zero-order valence-corrected chi connectivity index (χ0v) is 11.5. The van der Waals surface area contributed by atoms with Gasteiger partial charge in [-0.1, -0.05) is 19.1 Å². The van der Waals surface area contributed by atoms with Crippen molar-refractivity contribution in [2.75, 3.05) is 6.61 Å². The van der Waals surface area contributed by atoms with Crippen LogP contribution in [0.2, 0.25) is 0 Å². The highest BCUT2D eigenvalue weighted by molar-refractivity contribution is 5.84. The maximum absolute atomic E-state index is 10.7. The summed E-state index contributed by atoms with van der Waals surface area (Å²) in [4.78, 5) is 10.7. The minimum atomic E-state index is -1.05. The summed E-state index contributed by atoms with van der Waals surface area (Å²) in [6, 6.07) is 0. The van der Waals surface area contributed by atoms with Crippen molar-refractivity contribution >= 4 is 5.97 Å². The lowest BCUT2D eigenvalue weighted by atomic mass is 9.82. The van der Waals surface area contributed by atoms with Crippen LogP contribution < -0.4 is 0 Å². The van der Waals surface area contributed by atoms with Gasteiger partial charge in [-0.05, 0) is 31.1 Å². The van der Waals surface area contributed by atoms with Gasteiger partial charge in [0.15, 0.2) is 5.69 Å². The summed E-state index contributed by atoms with van der Waals surface area (Å²) < 4.78 is 7.37. The van der Waals surface area contributed by atoms with E-state index in [4.69, 9.17) is 9.84 Å². The van der Waals surface area contributed by atoms with Gasteiger partial charge in [0.2, 0.25) is 0 Å². The van der Waals surface area contributed by atoms with Crippen LogP contribution in [0.4, 0.5) is 0 Å². The molecule has 6 heteroatoms. The second-order valence-electron chi connectivity index (χ2n) is 5.58. The Labute approximate surface area is 112 Å². The highest BCUT2D eigenvalue weighted by atomic mass is 16.5. The number of nitrogens with zero attached hydrogens (tertiary/aromatic N) is 3. The van der Waals surface area contributed by atoms with Gasteiger partial charge in [0, 0.05) is 0 Å². The van der Waals surface area contributed by atoms with Crippen LogP contribution in [0.5, 0.6) is 0 Å². The average Bonchev–Trinajstić information content (AvgIpc) is 2.76. The summed E-state index contributed by atoms with van der Waals surface area (Å²) in [6.45, 7) is 5.62. The summed E-state index contributed by atoms with van der Waals surface area (Å²) in [5, 5.41) is 16.1. The van der Waals surface area contributed by atoms with Gasteiger partial charge in [-0.3, -0.25) is 0 Å². The van der Waals surface area contributed by atoms with E-state index in [2.05, 4.69) is 24.2 Å². The molecule has 2 atom stereocenters. The van der Waals surface area contributed by atoms with Crippen LogP contribution >= 0.6 is 0 Å². The third-order valence-corrected chi connectivity index (χ3v) is 3.57. The highest BCUT2D eigenvalue weighted by Crippen LogP contribution is 2.30. The van der Waals surface area contributed by atoms with E-state index in [-0.39, 0.29) is 5.69 Å². The van der Waals surface area contributed by atoms with E-state index < -0.39 is 5.97 Å². The van der Waals surface area contributed by atoms with Gasteiger partial charge in [0.05, 0.1) is 25.5 Å². The molecule has 1 N–H and O–H groups in total. The first-order valence-corrected chi connectivity index (χ1v) is 6.79. The number of ether oxygens (including phenoxy) is 1. The average molecular weight is 267 g/mol. The lowest BCUT2D eigenvalue weighted by Crippen LogP contribution is -2.27. The maximum Gasteiger partial charge on any atom is 0.358 e. The SMILES string of the molecule is CC1CC(C)CC(OCCn2cc(C(=O)O)nn2)C1. The van der Waals surface area contributed by atoms with Crippen molar-refractivity contribution in [2.45, 2.75) is 45.8 Å². The van der Waals surface area contributed by atoms with Crippen LogP contribution in [0.15, 0.2) is 6.20 Å². The fourth-order valence-electron chi connectivity index (χ4n) is 2.83. The molecule has 6 nitrogen and oxygen atoms in total. The fourth-order valence-corrected chi connectivity index (χ4v) is 2.83. The van der Waals surface area contributed by atoms with Crippen molar-refractivity contribution in [1.29, 1.82) is 0 Å². The predicted molar refractivity (Wildman–Crippen MR) is 68.9 cm³/mol. The first-order valence-electron chi connectivity index (χ1n) is 6.79. The third-order valence-electron chi connectivity index (χ3n) is 3.57. The molecule has 2 rings (SSSR count). The van der Waals surface area contributed by atoms with E-state index in [1.54, 1.807) is 0 Å². The molecule has 1 saturated carbocycles. The van der Waals surface area contributed by atoms with E-state index in [0.29, 0.717) is 19.3 Å². The van der Waals surface area contributed by atoms with Crippen LogP contribution in [0.25, 0.3) is 0 Å². The molecule has 0 saturated heterocycles. The molecule has 0 spiro atoms. The summed E-state index contributed by atoms with van der Waals surface area (Å²) in [7, 11) is 0. The molecule has 1 heterocycles. The first kappa shape index (κ1) is 14.0. The molecule has 0 aliphatic heterocycles. The van der Waals surface area contributed by atoms with Gasteiger partial charge in [-0.25, -0.2) is 9.48 Å². The molecule has 1 aromatic rings. The Morgan fingerprint density at radius 2 is 2.11 bits per heavy atom. The number of carbonyl (C=O) groups is 1. The van der Waals surface area contributed by atoms with Gasteiger partial charge in [-0.2, -0.15) is 0 Å². The van der Waals surface area contributed by atoms with Crippen molar-refractivity contribution in [3.05, 3.63) is 11.9 Å². The van der Waals surface area contributed by atoms with Crippen LogP contribution in [0.3, 0.4) is 0 Å². The maximum atomic E-state index is 10.7. The number of carboxylic acids is 1. The van der Waals surface area contributed by atoms with E-state index in [0.717, 1.165) is 24.7 Å². The molecule has 19 heavy (non-hydrogen) atoms. The Hall–Kier alpha value is -1.43. The number of hydrogen-bond donors (Lipinski definition) is 1. The molecule has 1 aliphatic carbocycles. The third kappa shape index (κ3) is 4.02. The minimum Gasteiger partial charge on any atom is -0.476 e. The smallest absolute Gasteiger partial charge is 0.358 e. The van der Waals surface area contributed by atoms with Gasteiger partial charge < -0.3 is 9.84 Å². The Morgan fingerprint density at radius 3 is 2.68 bits per heavy atom. The lowest BCUT2D eigenvalue weighted by molar-refractivity contribution is -0.00347. The van der Waals surface area contributed by atoms with E-state index >= 15 is 0 Å². The van der Waals surface area contributed by atoms with Crippen molar-refractivity contribution in [2.24, 2.45) is 11.8 Å². The second kappa shape index (κ2) is 6.14. The number of hydrogen-bond acceptors (Lipinski definition) is 4. The largest absolute Gasteiger partial charge is 0.476 e. The number of rotatable bonds is 5. The highest BCUT2D eigenvalue weighted by Gasteiger charge is 2.24. The number of aromatic carboxylic acids is 1. The summed E-state index contributed by atoms with van der Waals surface area (Å²) >= 11 is 0. The van der Waals surface area contributed by atoms with E-state index in [9.17, 15) is 4.79 Å². The fraction of sp³-hybridized carbons (Fsp3) is 0.769. The Kier molecular flexibility index (Phi) is 4.52. The Balaban J connectivity index is 1.75. The molecule has 1 aromatic heterocycles. The topological polar surface area (TPSA) is 77.2 Å². The molecule has 0 radical (unpaired) electrons. The molecule has 2 unspecified atom stereocenters. The Morgan fingerprint density at radius 1 is 1.42 bits per heavy atom. The molecule has 1 aliphatic rings. The van der Waals surface area contributed by atoms with Crippen LogP contribution in [0.1, 0.15) is 43.6 Å². The monoisotopic (exact) mass is 267 g/mol.